The first-order valence-electron chi connectivity index (χ1n) is 6.81. The van der Waals surface area contributed by atoms with Crippen LogP contribution in [0.3, 0.4) is 0 Å². The predicted octanol–water partition coefficient (Wildman–Crippen LogP) is 1.17. The molecule has 7 heteroatoms. The minimum atomic E-state index is 0.751. The van der Waals surface area contributed by atoms with Crippen molar-refractivity contribution in [1.82, 2.24) is 20.4 Å². The Balaban J connectivity index is 1.50. The van der Waals surface area contributed by atoms with Crippen LogP contribution in [-0.4, -0.2) is 48.3 Å². The second-order valence-electron chi connectivity index (χ2n) is 4.89. The first-order chi connectivity index (χ1) is 9.85. The van der Waals surface area contributed by atoms with Gasteiger partial charge in [0.05, 0.1) is 12.2 Å². The summed E-state index contributed by atoms with van der Waals surface area (Å²) in [5.41, 5.74) is 0.962. The fraction of sp³-hybridized carbons (Fsp3) is 0.538. The highest BCUT2D eigenvalue weighted by Crippen LogP contribution is 2.19. The van der Waals surface area contributed by atoms with Crippen LogP contribution in [0.2, 0.25) is 0 Å². The molecule has 0 spiro atoms. The zero-order valence-electron chi connectivity index (χ0n) is 11.6. The van der Waals surface area contributed by atoms with Crippen LogP contribution in [-0.2, 0) is 13.1 Å². The predicted molar refractivity (Wildman–Crippen MR) is 78.9 cm³/mol. The summed E-state index contributed by atoms with van der Waals surface area (Å²) in [7, 11) is 1.91. The number of piperazine rings is 1. The van der Waals surface area contributed by atoms with Crippen molar-refractivity contribution in [2.24, 2.45) is 0 Å². The molecule has 2 aromatic rings. The van der Waals surface area contributed by atoms with E-state index in [9.17, 15) is 0 Å². The van der Waals surface area contributed by atoms with Crippen LogP contribution < -0.4 is 10.2 Å². The Morgan fingerprint density at radius 1 is 1.35 bits per heavy atom. The van der Waals surface area contributed by atoms with E-state index in [1.54, 1.807) is 11.3 Å². The first-order valence-corrected chi connectivity index (χ1v) is 7.69. The van der Waals surface area contributed by atoms with Gasteiger partial charge in [-0.15, -0.1) is 11.3 Å². The molecule has 1 saturated heterocycles. The van der Waals surface area contributed by atoms with E-state index < -0.39 is 0 Å². The van der Waals surface area contributed by atoms with Crippen LogP contribution >= 0.6 is 11.3 Å². The molecule has 3 rings (SSSR count). The maximum Gasteiger partial charge on any atom is 0.185 e. The molecule has 0 aliphatic carbocycles. The molecule has 20 heavy (non-hydrogen) atoms. The van der Waals surface area contributed by atoms with E-state index >= 15 is 0 Å². The Hall–Kier alpha value is -1.44. The number of aromatic nitrogens is 2. The van der Waals surface area contributed by atoms with Crippen molar-refractivity contribution in [2.75, 3.05) is 38.1 Å². The quantitative estimate of drug-likeness (QED) is 0.893. The summed E-state index contributed by atoms with van der Waals surface area (Å²) in [6.07, 6.45) is 1.87. The third-order valence-corrected chi connectivity index (χ3v) is 4.24. The molecule has 1 aliphatic heterocycles. The van der Waals surface area contributed by atoms with Crippen LogP contribution in [0, 0.1) is 0 Å². The fourth-order valence-electron chi connectivity index (χ4n) is 2.38. The lowest BCUT2D eigenvalue weighted by Crippen LogP contribution is -2.45. The van der Waals surface area contributed by atoms with Crippen LogP contribution in [0.25, 0.3) is 0 Å². The molecule has 0 saturated carbocycles. The van der Waals surface area contributed by atoms with E-state index in [1.165, 1.54) is 0 Å². The van der Waals surface area contributed by atoms with Crippen molar-refractivity contribution in [3.8, 4) is 0 Å². The van der Waals surface area contributed by atoms with E-state index in [0.29, 0.717) is 0 Å². The molecule has 108 valence electrons. The number of anilines is 1. The second-order valence-corrected chi connectivity index (χ2v) is 5.77. The number of nitrogens with one attached hydrogen (secondary N) is 1. The van der Waals surface area contributed by atoms with Gasteiger partial charge in [0.1, 0.15) is 0 Å². The van der Waals surface area contributed by atoms with Gasteiger partial charge in [0.2, 0.25) is 0 Å². The lowest BCUT2D eigenvalue weighted by molar-refractivity contribution is 0.219. The zero-order chi connectivity index (χ0) is 13.8. The van der Waals surface area contributed by atoms with E-state index in [4.69, 9.17) is 4.52 Å². The average molecular weight is 293 g/mol. The summed E-state index contributed by atoms with van der Waals surface area (Å²) in [6.45, 7) is 5.68. The van der Waals surface area contributed by atoms with Crippen molar-refractivity contribution >= 4 is 16.5 Å². The van der Waals surface area contributed by atoms with E-state index in [2.05, 4.69) is 25.3 Å². The highest BCUT2D eigenvalue weighted by atomic mass is 32.1. The monoisotopic (exact) mass is 293 g/mol. The third kappa shape index (κ3) is 3.17. The van der Waals surface area contributed by atoms with Crippen LogP contribution in [0.4, 0.5) is 5.13 Å². The molecule has 1 aliphatic rings. The smallest absolute Gasteiger partial charge is 0.185 e. The molecular formula is C13H19N5OS. The molecule has 0 atom stereocenters. The van der Waals surface area contributed by atoms with Crippen molar-refractivity contribution in [2.45, 2.75) is 13.1 Å². The highest BCUT2D eigenvalue weighted by Gasteiger charge is 2.19. The maximum absolute atomic E-state index is 5.36. The lowest BCUT2D eigenvalue weighted by atomic mass is 10.3. The van der Waals surface area contributed by atoms with Gasteiger partial charge in [-0.25, -0.2) is 4.98 Å². The normalized spacial score (nSPS) is 16.8. The number of hydrogen-bond donors (Lipinski definition) is 1. The first kappa shape index (κ1) is 13.5. The summed E-state index contributed by atoms with van der Waals surface area (Å²) >= 11 is 1.70. The van der Waals surface area contributed by atoms with E-state index in [0.717, 1.165) is 55.9 Å². The summed E-state index contributed by atoms with van der Waals surface area (Å²) in [5, 5.41) is 10.3. The number of hydrogen-bond acceptors (Lipinski definition) is 7. The molecule has 1 fully saturated rings. The summed E-state index contributed by atoms with van der Waals surface area (Å²) in [6, 6.07) is 2.03. The summed E-state index contributed by atoms with van der Waals surface area (Å²) in [4.78, 5) is 9.10. The number of thiazole rings is 1. The van der Waals surface area contributed by atoms with Crippen molar-refractivity contribution in [3.63, 3.8) is 0 Å². The van der Waals surface area contributed by atoms with Gasteiger partial charge < -0.3 is 14.7 Å². The number of rotatable bonds is 5. The maximum atomic E-state index is 5.36. The molecule has 0 unspecified atom stereocenters. The molecule has 3 heterocycles. The van der Waals surface area contributed by atoms with Crippen molar-refractivity contribution in [1.29, 1.82) is 0 Å². The molecule has 2 aromatic heterocycles. The second kappa shape index (κ2) is 6.34. The Kier molecular flexibility index (Phi) is 4.29. The van der Waals surface area contributed by atoms with Gasteiger partial charge in [-0.05, 0) is 7.05 Å². The molecule has 0 radical (unpaired) electrons. The largest absolute Gasteiger partial charge is 0.360 e. The molecule has 0 aromatic carbocycles. The molecule has 0 amide bonds. The summed E-state index contributed by atoms with van der Waals surface area (Å²) < 4.78 is 5.36. The van der Waals surface area contributed by atoms with Gasteiger partial charge in [0.25, 0.3) is 0 Å². The molecule has 1 N–H and O–H groups in total. The lowest BCUT2D eigenvalue weighted by Gasteiger charge is -2.33. The van der Waals surface area contributed by atoms with E-state index in [-0.39, 0.29) is 0 Å². The van der Waals surface area contributed by atoms with Crippen molar-refractivity contribution in [3.05, 3.63) is 29.1 Å². The Morgan fingerprint density at radius 3 is 2.90 bits per heavy atom. The van der Waals surface area contributed by atoms with Gasteiger partial charge in [-0.1, -0.05) is 5.16 Å². The van der Waals surface area contributed by atoms with Crippen LogP contribution in [0.5, 0.6) is 0 Å². The van der Waals surface area contributed by atoms with Gasteiger partial charge in [-0.3, -0.25) is 4.90 Å². The third-order valence-electron chi connectivity index (χ3n) is 3.41. The van der Waals surface area contributed by atoms with Crippen LogP contribution in [0.15, 0.2) is 22.2 Å². The Bertz CT molecular complexity index is 519. The zero-order valence-corrected chi connectivity index (χ0v) is 12.4. The van der Waals surface area contributed by atoms with Gasteiger partial charge in [0, 0.05) is 50.4 Å². The molecule has 0 bridgehead atoms. The van der Waals surface area contributed by atoms with E-state index in [1.807, 2.05) is 24.7 Å². The minimum absolute atomic E-state index is 0.751. The molecule has 6 nitrogen and oxygen atoms in total. The van der Waals surface area contributed by atoms with Crippen LogP contribution in [0.1, 0.15) is 11.5 Å². The Labute approximate surface area is 122 Å². The van der Waals surface area contributed by atoms with Gasteiger partial charge >= 0.3 is 0 Å². The minimum Gasteiger partial charge on any atom is -0.360 e. The van der Waals surface area contributed by atoms with Gasteiger partial charge in [0.15, 0.2) is 10.9 Å². The topological polar surface area (TPSA) is 57.4 Å². The summed E-state index contributed by atoms with van der Waals surface area (Å²) in [5.74, 6) is 0.943. The molecular weight excluding hydrogens is 274 g/mol. The standard InChI is InChI=1S/C13H19N5OS/c1-14-9-11-8-12(19-16-11)10-17-3-5-18(6-4-17)13-15-2-7-20-13/h2,7-8,14H,3-6,9-10H2,1H3. The SMILES string of the molecule is CNCc1cc(CN2CCN(c3nccs3)CC2)on1. The van der Waals surface area contributed by atoms with Gasteiger partial charge in [-0.2, -0.15) is 0 Å². The Morgan fingerprint density at radius 2 is 2.20 bits per heavy atom. The van der Waals surface area contributed by atoms with Crippen molar-refractivity contribution < 1.29 is 4.52 Å². The fourth-order valence-corrected chi connectivity index (χ4v) is 3.08. The average Bonchev–Trinajstić information content (AvgIpc) is 3.12. The number of nitrogens with zero attached hydrogens (tertiary/aromatic N) is 4. The highest BCUT2D eigenvalue weighted by molar-refractivity contribution is 7.13.